The summed E-state index contributed by atoms with van der Waals surface area (Å²) in [5.74, 6) is 0.484. The Kier molecular flexibility index (Phi) is 4.16. The fourth-order valence-corrected chi connectivity index (χ4v) is 3.13. The fourth-order valence-electron chi connectivity index (χ4n) is 3.13. The van der Waals surface area contributed by atoms with Gasteiger partial charge in [-0.05, 0) is 75.8 Å². The van der Waals surface area contributed by atoms with E-state index in [4.69, 9.17) is 0 Å². The molecule has 0 unspecified atom stereocenters. The maximum absolute atomic E-state index is 9.85. The van der Waals surface area contributed by atoms with E-state index >= 15 is 0 Å². The van der Waals surface area contributed by atoms with Crippen molar-refractivity contribution in [3.63, 3.8) is 0 Å². The lowest BCUT2D eigenvalue weighted by Gasteiger charge is -2.12. The number of phenols is 2. The molecule has 0 amide bonds. The minimum Gasteiger partial charge on any atom is -0.508 e. The first-order chi connectivity index (χ1) is 12.7. The van der Waals surface area contributed by atoms with Crippen LogP contribution in [0.4, 0.5) is 0 Å². The van der Waals surface area contributed by atoms with Crippen molar-refractivity contribution in [2.75, 3.05) is 0 Å². The van der Waals surface area contributed by atoms with Gasteiger partial charge in [0.05, 0.1) is 0 Å². The Bertz CT molecular complexity index is 989. The first-order valence-electron chi connectivity index (χ1n) is 8.48. The second kappa shape index (κ2) is 6.77. The summed E-state index contributed by atoms with van der Waals surface area (Å²) >= 11 is 0. The molecule has 0 spiro atoms. The summed E-state index contributed by atoms with van der Waals surface area (Å²) in [5.41, 5.74) is 6.13. The van der Waals surface area contributed by atoms with Gasteiger partial charge in [-0.1, -0.05) is 54.6 Å². The quantitative estimate of drug-likeness (QED) is 0.474. The monoisotopic (exact) mass is 338 g/mol. The number of benzene rings is 4. The van der Waals surface area contributed by atoms with Crippen LogP contribution in [0.25, 0.3) is 33.4 Å². The van der Waals surface area contributed by atoms with Gasteiger partial charge in [0.15, 0.2) is 0 Å². The number of hydrogen-bond donors (Lipinski definition) is 2. The predicted molar refractivity (Wildman–Crippen MR) is 106 cm³/mol. The molecular formula is C24H18O2. The van der Waals surface area contributed by atoms with E-state index in [0.29, 0.717) is 0 Å². The van der Waals surface area contributed by atoms with E-state index in [-0.39, 0.29) is 11.5 Å². The smallest absolute Gasteiger partial charge is 0.116 e. The van der Waals surface area contributed by atoms with E-state index in [1.165, 1.54) is 0 Å². The van der Waals surface area contributed by atoms with Crippen LogP contribution in [0.1, 0.15) is 0 Å². The SMILES string of the molecule is Oc1cccc(-c2cc(-c3ccccc3)cc(-c3cccc(O)c3)c2)c1. The van der Waals surface area contributed by atoms with Gasteiger partial charge in [-0.15, -0.1) is 0 Å². The van der Waals surface area contributed by atoms with Gasteiger partial charge in [0.25, 0.3) is 0 Å². The Hall–Kier alpha value is -3.52. The molecule has 0 saturated heterocycles. The highest BCUT2D eigenvalue weighted by atomic mass is 16.3. The van der Waals surface area contributed by atoms with Crippen LogP contribution in [0.5, 0.6) is 11.5 Å². The molecule has 4 rings (SSSR count). The van der Waals surface area contributed by atoms with E-state index in [0.717, 1.165) is 33.4 Å². The van der Waals surface area contributed by atoms with Crippen molar-refractivity contribution in [2.45, 2.75) is 0 Å². The zero-order valence-corrected chi connectivity index (χ0v) is 14.1. The lowest BCUT2D eigenvalue weighted by molar-refractivity contribution is 0.475. The highest BCUT2D eigenvalue weighted by Crippen LogP contribution is 2.34. The van der Waals surface area contributed by atoms with Crippen molar-refractivity contribution < 1.29 is 10.2 Å². The topological polar surface area (TPSA) is 40.5 Å². The minimum absolute atomic E-state index is 0.242. The van der Waals surface area contributed by atoms with Gasteiger partial charge in [-0.2, -0.15) is 0 Å². The molecule has 0 atom stereocenters. The molecule has 0 aliphatic rings. The van der Waals surface area contributed by atoms with Gasteiger partial charge in [0, 0.05) is 0 Å². The lowest BCUT2D eigenvalue weighted by Crippen LogP contribution is -1.86. The summed E-state index contributed by atoms with van der Waals surface area (Å²) in [6, 6.07) is 31.0. The summed E-state index contributed by atoms with van der Waals surface area (Å²) in [6.07, 6.45) is 0. The fraction of sp³-hybridized carbons (Fsp3) is 0. The third kappa shape index (κ3) is 3.31. The normalized spacial score (nSPS) is 10.6. The third-order valence-electron chi connectivity index (χ3n) is 4.40. The van der Waals surface area contributed by atoms with Crippen LogP contribution in [0.2, 0.25) is 0 Å². The predicted octanol–water partition coefficient (Wildman–Crippen LogP) is 6.10. The van der Waals surface area contributed by atoms with Gasteiger partial charge >= 0.3 is 0 Å². The molecule has 0 heterocycles. The second-order valence-electron chi connectivity index (χ2n) is 6.27. The molecule has 126 valence electrons. The molecule has 0 aliphatic heterocycles. The molecule has 2 nitrogen and oxygen atoms in total. The Morgan fingerprint density at radius 2 is 0.769 bits per heavy atom. The highest BCUT2D eigenvalue weighted by Gasteiger charge is 2.08. The van der Waals surface area contributed by atoms with Crippen LogP contribution < -0.4 is 0 Å². The van der Waals surface area contributed by atoms with E-state index in [9.17, 15) is 10.2 Å². The van der Waals surface area contributed by atoms with Crippen LogP contribution in [0.15, 0.2) is 97.1 Å². The van der Waals surface area contributed by atoms with Crippen LogP contribution in [0.3, 0.4) is 0 Å². The van der Waals surface area contributed by atoms with Gasteiger partial charge in [-0.25, -0.2) is 0 Å². The molecule has 0 radical (unpaired) electrons. The molecule has 2 N–H and O–H groups in total. The summed E-state index contributed by atoms with van der Waals surface area (Å²) in [5, 5.41) is 19.7. The van der Waals surface area contributed by atoms with Crippen molar-refractivity contribution in [1.82, 2.24) is 0 Å². The Balaban J connectivity index is 1.93. The lowest BCUT2D eigenvalue weighted by atomic mass is 9.93. The maximum atomic E-state index is 9.85. The standard InChI is InChI=1S/C24H18O2/c25-23-10-4-8-18(15-23)21-12-20(17-6-2-1-3-7-17)13-22(14-21)19-9-5-11-24(26)16-19/h1-16,25-26H. The Morgan fingerprint density at radius 3 is 1.23 bits per heavy atom. The number of rotatable bonds is 3. The van der Waals surface area contributed by atoms with Crippen LogP contribution >= 0.6 is 0 Å². The molecule has 0 saturated carbocycles. The zero-order valence-electron chi connectivity index (χ0n) is 14.1. The summed E-state index contributed by atoms with van der Waals surface area (Å²) in [6.45, 7) is 0. The molecular weight excluding hydrogens is 320 g/mol. The van der Waals surface area contributed by atoms with Gasteiger partial charge in [-0.3, -0.25) is 0 Å². The molecule has 26 heavy (non-hydrogen) atoms. The van der Waals surface area contributed by atoms with Gasteiger partial charge in [0.2, 0.25) is 0 Å². The average molecular weight is 338 g/mol. The molecule has 0 bridgehead atoms. The van der Waals surface area contributed by atoms with Crippen LogP contribution in [0, 0.1) is 0 Å². The van der Waals surface area contributed by atoms with E-state index < -0.39 is 0 Å². The maximum Gasteiger partial charge on any atom is 0.116 e. The van der Waals surface area contributed by atoms with Crippen molar-refractivity contribution in [3.8, 4) is 44.9 Å². The van der Waals surface area contributed by atoms with Crippen molar-refractivity contribution in [2.24, 2.45) is 0 Å². The third-order valence-corrected chi connectivity index (χ3v) is 4.40. The molecule has 0 aromatic heterocycles. The first kappa shape index (κ1) is 16.0. The first-order valence-corrected chi connectivity index (χ1v) is 8.48. The Labute approximate surface area is 152 Å². The zero-order chi connectivity index (χ0) is 17.9. The second-order valence-corrected chi connectivity index (χ2v) is 6.27. The van der Waals surface area contributed by atoms with Crippen molar-refractivity contribution >= 4 is 0 Å². The van der Waals surface area contributed by atoms with E-state index in [2.05, 4.69) is 30.3 Å². The highest BCUT2D eigenvalue weighted by molar-refractivity contribution is 5.81. The molecule has 0 aliphatic carbocycles. The van der Waals surface area contributed by atoms with E-state index in [1.54, 1.807) is 24.3 Å². The summed E-state index contributed by atoms with van der Waals surface area (Å²) < 4.78 is 0. The largest absolute Gasteiger partial charge is 0.508 e. The number of aromatic hydroxyl groups is 2. The van der Waals surface area contributed by atoms with Crippen LogP contribution in [-0.2, 0) is 0 Å². The molecule has 0 fully saturated rings. The van der Waals surface area contributed by atoms with E-state index in [1.807, 2.05) is 42.5 Å². The van der Waals surface area contributed by atoms with Crippen molar-refractivity contribution in [1.29, 1.82) is 0 Å². The summed E-state index contributed by atoms with van der Waals surface area (Å²) in [7, 11) is 0. The van der Waals surface area contributed by atoms with Gasteiger partial charge < -0.3 is 10.2 Å². The summed E-state index contributed by atoms with van der Waals surface area (Å²) in [4.78, 5) is 0. The van der Waals surface area contributed by atoms with Crippen LogP contribution in [-0.4, -0.2) is 10.2 Å². The number of phenolic OH excluding ortho intramolecular Hbond substituents is 2. The minimum atomic E-state index is 0.242. The van der Waals surface area contributed by atoms with Gasteiger partial charge in [0.1, 0.15) is 11.5 Å². The molecule has 4 aromatic carbocycles. The molecule has 2 heteroatoms. The molecule has 4 aromatic rings. The number of hydrogen-bond acceptors (Lipinski definition) is 2. The Morgan fingerprint density at radius 1 is 0.346 bits per heavy atom. The van der Waals surface area contributed by atoms with Crippen molar-refractivity contribution in [3.05, 3.63) is 97.1 Å². The average Bonchev–Trinajstić information content (AvgIpc) is 2.68.